The highest BCUT2D eigenvalue weighted by atomic mass is 16.5. The zero-order valence-corrected chi connectivity index (χ0v) is 25.2. The number of methoxy groups -OCH3 is 4. The number of nitrogens with zero attached hydrogens (tertiary/aromatic N) is 1. The van der Waals surface area contributed by atoms with Gasteiger partial charge in [0.05, 0.1) is 28.4 Å². The summed E-state index contributed by atoms with van der Waals surface area (Å²) in [5.74, 6) is 3.38. The standard InChI is InChI=1S/C33H52N2O4/c1-6-22-35(28-15-16-29-27(25-28)14-18-31(37-3)33(29)39-5)23-12-10-8-7-9-11-20-34-21-19-26-13-17-30(36-2)32(24-26)38-4/h13-14,17-18,24,28,34H,6-12,15-16,19-23,25H2,1-5H3/t28-/m0/s1. The molecular formula is C33H52N2O4. The van der Waals surface area contributed by atoms with Crippen LogP contribution in [0.25, 0.3) is 0 Å². The summed E-state index contributed by atoms with van der Waals surface area (Å²) >= 11 is 0. The molecule has 1 aliphatic rings. The van der Waals surface area contributed by atoms with Crippen molar-refractivity contribution in [3.63, 3.8) is 0 Å². The number of hydrogen-bond donors (Lipinski definition) is 1. The maximum absolute atomic E-state index is 5.70. The van der Waals surface area contributed by atoms with Crippen molar-refractivity contribution in [1.29, 1.82) is 0 Å². The molecule has 6 nitrogen and oxygen atoms in total. The Labute approximate surface area is 237 Å². The van der Waals surface area contributed by atoms with E-state index >= 15 is 0 Å². The summed E-state index contributed by atoms with van der Waals surface area (Å²) in [6, 6.07) is 11.1. The monoisotopic (exact) mass is 540 g/mol. The molecule has 0 aromatic heterocycles. The van der Waals surface area contributed by atoms with E-state index in [1.54, 1.807) is 28.4 Å². The minimum Gasteiger partial charge on any atom is -0.493 e. The highest BCUT2D eigenvalue weighted by molar-refractivity contribution is 5.52. The molecule has 0 saturated heterocycles. The highest BCUT2D eigenvalue weighted by Crippen LogP contribution is 2.38. The lowest BCUT2D eigenvalue weighted by atomic mass is 9.86. The largest absolute Gasteiger partial charge is 0.493 e. The van der Waals surface area contributed by atoms with Crippen molar-refractivity contribution in [3.05, 3.63) is 47.0 Å². The molecule has 2 aromatic rings. The molecule has 0 unspecified atom stereocenters. The predicted octanol–water partition coefficient (Wildman–Crippen LogP) is 6.46. The number of fused-ring (bicyclic) bond motifs is 1. The highest BCUT2D eigenvalue weighted by Gasteiger charge is 2.27. The summed E-state index contributed by atoms with van der Waals surface area (Å²) < 4.78 is 21.9. The van der Waals surface area contributed by atoms with Gasteiger partial charge in [-0.05, 0) is 100 Å². The Hall–Kier alpha value is -2.44. The number of hydrogen-bond acceptors (Lipinski definition) is 6. The van der Waals surface area contributed by atoms with Crippen molar-refractivity contribution in [2.24, 2.45) is 0 Å². The predicted molar refractivity (Wildman–Crippen MR) is 161 cm³/mol. The topological polar surface area (TPSA) is 52.2 Å². The molecule has 218 valence electrons. The Kier molecular flexibility index (Phi) is 13.8. The number of nitrogens with one attached hydrogen (secondary N) is 1. The van der Waals surface area contributed by atoms with Crippen LogP contribution in [0.1, 0.15) is 75.0 Å². The minimum atomic E-state index is 0.639. The summed E-state index contributed by atoms with van der Waals surface area (Å²) in [6.07, 6.45) is 13.5. The van der Waals surface area contributed by atoms with Crippen LogP contribution in [0.4, 0.5) is 0 Å². The van der Waals surface area contributed by atoms with Crippen LogP contribution in [0.15, 0.2) is 30.3 Å². The van der Waals surface area contributed by atoms with Gasteiger partial charge in [0.15, 0.2) is 23.0 Å². The normalized spacial score (nSPS) is 14.8. The van der Waals surface area contributed by atoms with Gasteiger partial charge < -0.3 is 29.2 Å². The fraction of sp³-hybridized carbons (Fsp3) is 0.636. The number of benzene rings is 2. The second-order valence-electron chi connectivity index (χ2n) is 10.7. The summed E-state index contributed by atoms with van der Waals surface area (Å²) in [5.41, 5.74) is 4.05. The van der Waals surface area contributed by atoms with E-state index in [0.29, 0.717) is 6.04 Å². The molecule has 1 aliphatic carbocycles. The first-order valence-electron chi connectivity index (χ1n) is 15.0. The molecule has 3 rings (SSSR count). The lowest BCUT2D eigenvalue weighted by Gasteiger charge is -2.36. The van der Waals surface area contributed by atoms with Gasteiger partial charge in [-0.15, -0.1) is 0 Å². The smallest absolute Gasteiger partial charge is 0.164 e. The molecule has 6 heteroatoms. The summed E-state index contributed by atoms with van der Waals surface area (Å²) in [4.78, 5) is 2.75. The number of ether oxygens (including phenoxy) is 4. The van der Waals surface area contributed by atoms with Crippen molar-refractivity contribution in [2.75, 3.05) is 54.6 Å². The SMILES string of the molecule is CCCN(CCCCCCCCNCCc1ccc(OC)c(OC)c1)[C@H]1CCc2c(ccc(OC)c2OC)C1. The van der Waals surface area contributed by atoms with Crippen molar-refractivity contribution in [3.8, 4) is 23.0 Å². The van der Waals surface area contributed by atoms with Crippen LogP contribution in [0, 0.1) is 0 Å². The maximum atomic E-state index is 5.70. The summed E-state index contributed by atoms with van der Waals surface area (Å²) in [6.45, 7) is 6.81. The fourth-order valence-electron chi connectivity index (χ4n) is 5.91. The van der Waals surface area contributed by atoms with Crippen LogP contribution >= 0.6 is 0 Å². The van der Waals surface area contributed by atoms with E-state index in [0.717, 1.165) is 55.4 Å². The van der Waals surface area contributed by atoms with Crippen LogP contribution in [0.3, 0.4) is 0 Å². The third-order valence-corrected chi connectivity index (χ3v) is 8.04. The zero-order chi connectivity index (χ0) is 27.9. The van der Waals surface area contributed by atoms with E-state index in [-0.39, 0.29) is 0 Å². The quantitative estimate of drug-likeness (QED) is 0.206. The molecule has 0 spiro atoms. The van der Waals surface area contributed by atoms with Crippen LogP contribution in [-0.4, -0.2) is 65.6 Å². The molecule has 0 fully saturated rings. The Bertz CT molecular complexity index is 980. The lowest BCUT2D eigenvalue weighted by molar-refractivity contribution is 0.175. The molecule has 1 atom stereocenters. The van der Waals surface area contributed by atoms with E-state index in [4.69, 9.17) is 18.9 Å². The van der Waals surface area contributed by atoms with Gasteiger partial charge in [0.2, 0.25) is 0 Å². The molecule has 2 aromatic carbocycles. The Balaban J connectivity index is 1.27. The first kappa shape index (κ1) is 31.1. The summed E-state index contributed by atoms with van der Waals surface area (Å²) in [7, 11) is 6.84. The molecule has 0 amide bonds. The summed E-state index contributed by atoms with van der Waals surface area (Å²) in [5, 5.41) is 3.59. The molecule has 0 bridgehead atoms. The van der Waals surface area contributed by atoms with E-state index in [2.05, 4.69) is 41.4 Å². The molecule has 0 saturated carbocycles. The molecule has 0 aliphatic heterocycles. The zero-order valence-electron chi connectivity index (χ0n) is 25.2. The molecular weight excluding hydrogens is 488 g/mol. The maximum Gasteiger partial charge on any atom is 0.164 e. The van der Waals surface area contributed by atoms with Crippen LogP contribution in [-0.2, 0) is 19.3 Å². The molecule has 39 heavy (non-hydrogen) atoms. The van der Waals surface area contributed by atoms with E-state index in [9.17, 15) is 0 Å². The van der Waals surface area contributed by atoms with E-state index in [1.165, 1.54) is 81.1 Å². The second-order valence-corrected chi connectivity index (χ2v) is 10.7. The van der Waals surface area contributed by atoms with Gasteiger partial charge >= 0.3 is 0 Å². The van der Waals surface area contributed by atoms with Gasteiger partial charge in [-0.25, -0.2) is 0 Å². The fourth-order valence-corrected chi connectivity index (χ4v) is 5.91. The first-order chi connectivity index (χ1) is 19.1. The average Bonchev–Trinajstić information content (AvgIpc) is 2.98. The third-order valence-electron chi connectivity index (χ3n) is 8.04. The minimum absolute atomic E-state index is 0.639. The Morgan fingerprint density at radius 3 is 2.21 bits per heavy atom. The van der Waals surface area contributed by atoms with Gasteiger partial charge in [0.1, 0.15) is 0 Å². The van der Waals surface area contributed by atoms with Gasteiger partial charge in [-0.1, -0.05) is 44.7 Å². The van der Waals surface area contributed by atoms with Crippen molar-refractivity contribution in [2.45, 2.75) is 83.6 Å². The van der Waals surface area contributed by atoms with Gasteiger partial charge in [-0.3, -0.25) is 0 Å². The Morgan fingerprint density at radius 2 is 1.49 bits per heavy atom. The first-order valence-corrected chi connectivity index (χ1v) is 15.0. The molecule has 1 N–H and O–H groups in total. The van der Waals surface area contributed by atoms with Crippen LogP contribution < -0.4 is 24.3 Å². The second kappa shape index (κ2) is 17.3. The lowest BCUT2D eigenvalue weighted by Crippen LogP contribution is -2.40. The average molecular weight is 541 g/mol. The van der Waals surface area contributed by atoms with Gasteiger partial charge in [0, 0.05) is 11.6 Å². The molecule has 0 radical (unpaired) electrons. The van der Waals surface area contributed by atoms with E-state index < -0.39 is 0 Å². The number of unbranched alkanes of at least 4 members (excludes halogenated alkanes) is 5. The van der Waals surface area contributed by atoms with Crippen molar-refractivity contribution in [1.82, 2.24) is 10.2 Å². The molecule has 0 heterocycles. The van der Waals surface area contributed by atoms with Gasteiger partial charge in [0.25, 0.3) is 0 Å². The Morgan fingerprint density at radius 1 is 0.769 bits per heavy atom. The van der Waals surface area contributed by atoms with Crippen LogP contribution in [0.2, 0.25) is 0 Å². The third kappa shape index (κ3) is 9.32. The van der Waals surface area contributed by atoms with Crippen molar-refractivity contribution < 1.29 is 18.9 Å². The number of rotatable bonds is 19. The van der Waals surface area contributed by atoms with Crippen LogP contribution in [0.5, 0.6) is 23.0 Å². The van der Waals surface area contributed by atoms with E-state index in [1.807, 2.05) is 6.07 Å². The van der Waals surface area contributed by atoms with Crippen molar-refractivity contribution >= 4 is 0 Å². The van der Waals surface area contributed by atoms with Gasteiger partial charge in [-0.2, -0.15) is 0 Å².